The molecule has 1 aromatic carbocycles. The van der Waals surface area contributed by atoms with Gasteiger partial charge < -0.3 is 10.6 Å². The van der Waals surface area contributed by atoms with E-state index in [0.717, 1.165) is 12.8 Å². The van der Waals surface area contributed by atoms with E-state index in [0.29, 0.717) is 18.0 Å². The number of benzene rings is 1. The van der Waals surface area contributed by atoms with E-state index >= 15 is 0 Å². The van der Waals surface area contributed by atoms with Gasteiger partial charge in [-0.2, -0.15) is 0 Å². The van der Waals surface area contributed by atoms with Crippen LogP contribution in [0.15, 0.2) is 18.2 Å². The number of carbonyl (C=O) groups is 2. The Morgan fingerprint density at radius 2 is 1.95 bits per heavy atom. The Morgan fingerprint density at radius 3 is 2.60 bits per heavy atom. The summed E-state index contributed by atoms with van der Waals surface area (Å²) in [6.07, 6.45) is 4.92. The van der Waals surface area contributed by atoms with Gasteiger partial charge in [0.1, 0.15) is 5.82 Å². The summed E-state index contributed by atoms with van der Waals surface area (Å²) in [5.74, 6) is -0.494. The zero-order valence-electron chi connectivity index (χ0n) is 11.5. The highest BCUT2D eigenvalue weighted by Crippen LogP contribution is 2.28. The molecule has 2 N–H and O–H groups in total. The highest BCUT2D eigenvalue weighted by atomic mass is 19.1. The van der Waals surface area contributed by atoms with E-state index in [1.165, 1.54) is 38.0 Å². The van der Waals surface area contributed by atoms with Gasteiger partial charge in [0.05, 0.1) is 5.69 Å². The molecule has 0 bridgehead atoms. The van der Waals surface area contributed by atoms with E-state index in [1.54, 1.807) is 0 Å². The molecule has 0 saturated heterocycles. The lowest BCUT2D eigenvalue weighted by Gasteiger charge is -2.11. The maximum absolute atomic E-state index is 13.7. The smallest absolute Gasteiger partial charge is 0.224 e. The van der Waals surface area contributed by atoms with Gasteiger partial charge in [0.15, 0.2) is 0 Å². The van der Waals surface area contributed by atoms with Crippen LogP contribution in [0.4, 0.5) is 15.8 Å². The third-order valence-electron chi connectivity index (χ3n) is 3.51. The van der Waals surface area contributed by atoms with Crippen molar-refractivity contribution in [3.8, 4) is 0 Å². The van der Waals surface area contributed by atoms with Crippen molar-refractivity contribution in [3.05, 3.63) is 24.0 Å². The zero-order valence-corrected chi connectivity index (χ0v) is 11.5. The average molecular weight is 278 g/mol. The predicted molar refractivity (Wildman–Crippen MR) is 75.9 cm³/mol. The van der Waals surface area contributed by atoms with Crippen LogP contribution in [0.25, 0.3) is 0 Å². The fraction of sp³-hybridized carbons (Fsp3) is 0.467. The third-order valence-corrected chi connectivity index (χ3v) is 3.51. The minimum absolute atomic E-state index is 0.110. The van der Waals surface area contributed by atoms with Crippen molar-refractivity contribution in [2.45, 2.75) is 39.0 Å². The number of hydrogen-bond acceptors (Lipinski definition) is 2. The molecule has 1 saturated carbocycles. The van der Waals surface area contributed by atoms with Crippen molar-refractivity contribution in [3.63, 3.8) is 0 Å². The summed E-state index contributed by atoms with van der Waals surface area (Å²) in [5.41, 5.74) is 0.578. The van der Waals surface area contributed by atoms with E-state index in [2.05, 4.69) is 10.6 Å². The van der Waals surface area contributed by atoms with Crippen molar-refractivity contribution >= 4 is 23.2 Å². The highest BCUT2D eigenvalue weighted by molar-refractivity contribution is 5.93. The van der Waals surface area contributed by atoms with E-state index in [4.69, 9.17) is 0 Å². The minimum atomic E-state index is -0.501. The van der Waals surface area contributed by atoms with Gasteiger partial charge in [-0.15, -0.1) is 0 Å². The molecular formula is C15H19FN2O2. The van der Waals surface area contributed by atoms with Crippen LogP contribution in [0.1, 0.15) is 39.0 Å². The molecular weight excluding hydrogens is 259 g/mol. The van der Waals surface area contributed by atoms with Gasteiger partial charge in [0.25, 0.3) is 0 Å². The zero-order chi connectivity index (χ0) is 14.5. The number of halogens is 1. The number of rotatable bonds is 4. The largest absolute Gasteiger partial charge is 0.326 e. The van der Waals surface area contributed by atoms with Gasteiger partial charge in [-0.05, 0) is 37.0 Å². The predicted octanol–water partition coefficient (Wildman–Crippen LogP) is 3.30. The van der Waals surface area contributed by atoms with Gasteiger partial charge in [-0.1, -0.05) is 12.8 Å². The van der Waals surface area contributed by atoms with Crippen LogP contribution >= 0.6 is 0 Å². The number of carbonyl (C=O) groups excluding carboxylic acids is 2. The molecule has 1 fully saturated rings. The molecule has 108 valence electrons. The number of anilines is 2. The molecule has 1 aromatic rings. The molecule has 1 aliphatic rings. The highest BCUT2D eigenvalue weighted by Gasteiger charge is 2.19. The monoisotopic (exact) mass is 278 g/mol. The van der Waals surface area contributed by atoms with Crippen molar-refractivity contribution < 1.29 is 14.0 Å². The first kappa shape index (κ1) is 14.5. The maximum atomic E-state index is 13.7. The Balaban J connectivity index is 1.99. The van der Waals surface area contributed by atoms with Crippen LogP contribution in [0, 0.1) is 11.7 Å². The summed E-state index contributed by atoms with van der Waals surface area (Å²) < 4.78 is 13.7. The number of hydrogen-bond donors (Lipinski definition) is 2. The van der Waals surface area contributed by atoms with Gasteiger partial charge in [-0.25, -0.2) is 4.39 Å². The Morgan fingerprint density at radius 1 is 1.25 bits per heavy atom. The second-order valence-corrected chi connectivity index (χ2v) is 5.28. The quantitative estimate of drug-likeness (QED) is 0.887. The molecule has 1 aliphatic carbocycles. The molecule has 4 nitrogen and oxygen atoms in total. The van der Waals surface area contributed by atoms with E-state index in [-0.39, 0.29) is 17.5 Å². The van der Waals surface area contributed by atoms with Crippen molar-refractivity contribution in [1.29, 1.82) is 0 Å². The van der Waals surface area contributed by atoms with E-state index in [9.17, 15) is 14.0 Å². The Kier molecular flexibility index (Phi) is 4.71. The fourth-order valence-electron chi connectivity index (χ4n) is 2.58. The summed E-state index contributed by atoms with van der Waals surface area (Å²) in [5, 5.41) is 5.15. The second-order valence-electron chi connectivity index (χ2n) is 5.28. The molecule has 0 spiro atoms. The van der Waals surface area contributed by atoms with Crippen LogP contribution in [-0.2, 0) is 9.59 Å². The molecule has 0 radical (unpaired) electrons. The van der Waals surface area contributed by atoms with Crippen LogP contribution in [0.3, 0.4) is 0 Å². The molecule has 0 atom stereocenters. The second kappa shape index (κ2) is 6.50. The molecule has 0 aliphatic heterocycles. The lowest BCUT2D eigenvalue weighted by atomic mass is 10.0. The molecule has 2 amide bonds. The lowest BCUT2D eigenvalue weighted by Crippen LogP contribution is -2.16. The molecule has 2 rings (SSSR count). The average Bonchev–Trinajstić information content (AvgIpc) is 2.85. The summed E-state index contributed by atoms with van der Waals surface area (Å²) in [6.45, 7) is 1.38. The van der Waals surface area contributed by atoms with Gasteiger partial charge in [0, 0.05) is 19.0 Å². The molecule has 0 heterocycles. The minimum Gasteiger partial charge on any atom is -0.326 e. The maximum Gasteiger partial charge on any atom is 0.224 e. The summed E-state index contributed by atoms with van der Waals surface area (Å²) in [6, 6.07) is 4.13. The molecule has 0 aromatic heterocycles. The van der Waals surface area contributed by atoms with Gasteiger partial charge >= 0.3 is 0 Å². The van der Waals surface area contributed by atoms with Crippen LogP contribution < -0.4 is 10.6 Å². The molecule has 20 heavy (non-hydrogen) atoms. The van der Waals surface area contributed by atoms with Gasteiger partial charge in [0.2, 0.25) is 11.8 Å². The lowest BCUT2D eigenvalue weighted by molar-refractivity contribution is -0.117. The Hall–Kier alpha value is -1.91. The van der Waals surface area contributed by atoms with Crippen molar-refractivity contribution in [1.82, 2.24) is 0 Å². The van der Waals surface area contributed by atoms with Crippen molar-refractivity contribution in [2.24, 2.45) is 5.92 Å². The van der Waals surface area contributed by atoms with Crippen molar-refractivity contribution in [2.75, 3.05) is 10.6 Å². The third kappa shape index (κ3) is 4.05. The molecule has 0 unspecified atom stereocenters. The topological polar surface area (TPSA) is 58.2 Å². The first-order valence-electron chi connectivity index (χ1n) is 6.91. The summed E-state index contributed by atoms with van der Waals surface area (Å²) in [4.78, 5) is 22.9. The molecule has 5 heteroatoms. The Labute approximate surface area is 117 Å². The summed E-state index contributed by atoms with van der Waals surface area (Å²) in [7, 11) is 0. The van der Waals surface area contributed by atoms with Gasteiger partial charge in [-0.3, -0.25) is 9.59 Å². The number of amides is 2. The Bertz CT molecular complexity index is 511. The number of nitrogens with one attached hydrogen (secondary N) is 2. The van der Waals surface area contributed by atoms with E-state index in [1.807, 2.05) is 0 Å². The van der Waals surface area contributed by atoms with Crippen LogP contribution in [0.5, 0.6) is 0 Å². The first-order valence-corrected chi connectivity index (χ1v) is 6.91. The standard InChI is InChI=1S/C15H19FN2O2/c1-10(19)17-12-6-7-13(16)14(9-12)18-15(20)8-11-4-2-3-5-11/h6-7,9,11H,2-5,8H2,1H3,(H,17,19)(H,18,20). The summed E-state index contributed by atoms with van der Waals surface area (Å²) >= 11 is 0. The van der Waals surface area contributed by atoms with Crippen LogP contribution in [0.2, 0.25) is 0 Å². The normalized spacial score (nSPS) is 15.1. The van der Waals surface area contributed by atoms with Crippen LogP contribution in [-0.4, -0.2) is 11.8 Å². The first-order chi connectivity index (χ1) is 9.54. The van der Waals surface area contributed by atoms with E-state index < -0.39 is 5.82 Å². The fourth-order valence-corrected chi connectivity index (χ4v) is 2.58. The SMILES string of the molecule is CC(=O)Nc1ccc(F)c(NC(=O)CC2CCCC2)c1.